The molecule has 66 valence electrons. The molecule has 0 aromatic carbocycles. The van der Waals surface area contributed by atoms with Gasteiger partial charge in [0.1, 0.15) is 0 Å². The molecule has 0 bridgehead atoms. The van der Waals surface area contributed by atoms with E-state index in [1.54, 1.807) is 6.07 Å². The first-order valence-electron chi connectivity index (χ1n) is 3.65. The van der Waals surface area contributed by atoms with Gasteiger partial charge in [-0.3, -0.25) is 0 Å². The molecule has 0 atom stereocenters. The third kappa shape index (κ3) is 1.42. The van der Waals surface area contributed by atoms with E-state index in [4.69, 9.17) is 10.2 Å². The Hall–Kier alpha value is -1.45. The number of carbonyl (C=O) groups is 1. The van der Waals surface area contributed by atoms with Crippen LogP contribution in [0.5, 0.6) is 0 Å². The van der Waals surface area contributed by atoms with Crippen molar-refractivity contribution in [3.8, 4) is 0 Å². The Morgan fingerprint density at radius 3 is 2.92 bits per heavy atom. The number of ether oxygens (including phenoxy) is 1. The lowest BCUT2D eigenvalue weighted by atomic mass is 10.2. The highest BCUT2D eigenvalue weighted by Gasteiger charge is 2.16. The Morgan fingerprint density at radius 2 is 2.42 bits per heavy atom. The molecule has 0 aliphatic rings. The largest absolute Gasteiger partial charge is 0.463 e. The summed E-state index contributed by atoms with van der Waals surface area (Å²) in [7, 11) is 1.31. The van der Waals surface area contributed by atoms with Crippen molar-refractivity contribution in [2.24, 2.45) is 0 Å². The number of rotatable bonds is 2. The fraction of sp³-hybridized carbons (Fsp3) is 0.375. The predicted octanol–water partition coefficient (Wildman–Crippen LogP) is 1.21. The van der Waals surface area contributed by atoms with Crippen molar-refractivity contribution in [2.75, 3.05) is 12.8 Å². The minimum atomic E-state index is -0.483. The first-order chi connectivity index (χ1) is 5.69. The van der Waals surface area contributed by atoms with E-state index in [2.05, 4.69) is 4.74 Å². The average Bonchev–Trinajstić information content (AvgIpc) is 2.45. The molecule has 2 N–H and O–H groups in total. The van der Waals surface area contributed by atoms with Crippen molar-refractivity contribution in [3.63, 3.8) is 0 Å². The standard InChI is InChI=1S/C8H11NO3/c1-3-5-4-6(9)12-7(5)8(10)11-2/h4H,3,9H2,1-2H3. The van der Waals surface area contributed by atoms with Crippen molar-refractivity contribution in [2.45, 2.75) is 13.3 Å². The van der Waals surface area contributed by atoms with Crippen molar-refractivity contribution >= 4 is 11.9 Å². The number of hydrogen-bond donors (Lipinski definition) is 1. The smallest absolute Gasteiger partial charge is 0.374 e. The van der Waals surface area contributed by atoms with E-state index in [0.717, 1.165) is 5.56 Å². The number of methoxy groups -OCH3 is 1. The van der Waals surface area contributed by atoms with E-state index < -0.39 is 5.97 Å². The number of nitrogens with two attached hydrogens (primary N) is 1. The van der Waals surface area contributed by atoms with Gasteiger partial charge in [-0.2, -0.15) is 0 Å². The molecule has 0 unspecified atom stereocenters. The summed E-state index contributed by atoms with van der Waals surface area (Å²) < 4.78 is 9.47. The maximum Gasteiger partial charge on any atom is 0.374 e. The maximum atomic E-state index is 11.0. The fourth-order valence-corrected chi connectivity index (χ4v) is 0.978. The number of hydrogen-bond acceptors (Lipinski definition) is 4. The zero-order valence-electron chi connectivity index (χ0n) is 7.09. The van der Waals surface area contributed by atoms with Crippen LogP contribution in [0.4, 0.5) is 5.88 Å². The summed E-state index contributed by atoms with van der Waals surface area (Å²) in [5.41, 5.74) is 6.15. The first kappa shape index (κ1) is 8.64. The Morgan fingerprint density at radius 1 is 1.75 bits per heavy atom. The van der Waals surface area contributed by atoms with E-state index in [9.17, 15) is 4.79 Å². The van der Waals surface area contributed by atoms with Crippen LogP contribution in [0.3, 0.4) is 0 Å². The molecule has 4 heteroatoms. The summed E-state index contributed by atoms with van der Waals surface area (Å²) >= 11 is 0. The minimum Gasteiger partial charge on any atom is -0.463 e. The van der Waals surface area contributed by atoms with Crippen molar-refractivity contribution in [1.82, 2.24) is 0 Å². The summed E-state index contributed by atoms with van der Waals surface area (Å²) in [6.07, 6.45) is 0.700. The number of esters is 1. The summed E-state index contributed by atoms with van der Waals surface area (Å²) in [6.45, 7) is 1.91. The second-order valence-electron chi connectivity index (χ2n) is 2.35. The van der Waals surface area contributed by atoms with Crippen LogP contribution in [0.1, 0.15) is 23.0 Å². The Labute approximate surface area is 70.3 Å². The second kappa shape index (κ2) is 3.30. The lowest BCUT2D eigenvalue weighted by Gasteiger charge is -1.95. The molecule has 0 aliphatic heterocycles. The molecule has 12 heavy (non-hydrogen) atoms. The van der Waals surface area contributed by atoms with E-state index in [1.165, 1.54) is 7.11 Å². The highest BCUT2D eigenvalue weighted by Crippen LogP contribution is 2.18. The first-order valence-corrected chi connectivity index (χ1v) is 3.65. The minimum absolute atomic E-state index is 0.206. The lowest BCUT2D eigenvalue weighted by molar-refractivity contribution is 0.0565. The summed E-state index contributed by atoms with van der Waals surface area (Å²) in [5.74, 6) is -0.0340. The van der Waals surface area contributed by atoms with Crippen LogP contribution >= 0.6 is 0 Å². The molecule has 1 heterocycles. The van der Waals surface area contributed by atoms with Crippen LogP contribution in [-0.2, 0) is 11.2 Å². The van der Waals surface area contributed by atoms with Gasteiger partial charge in [-0.25, -0.2) is 4.79 Å². The fourth-order valence-electron chi connectivity index (χ4n) is 0.978. The van der Waals surface area contributed by atoms with Crippen molar-refractivity contribution in [3.05, 3.63) is 17.4 Å². The Kier molecular flexibility index (Phi) is 2.38. The molecule has 4 nitrogen and oxygen atoms in total. The molecule has 1 aromatic heterocycles. The van der Waals surface area contributed by atoms with Gasteiger partial charge < -0.3 is 14.9 Å². The average molecular weight is 169 g/mol. The van der Waals surface area contributed by atoms with Crippen LogP contribution in [0.25, 0.3) is 0 Å². The van der Waals surface area contributed by atoms with Crippen LogP contribution < -0.4 is 5.73 Å². The highest BCUT2D eigenvalue weighted by molar-refractivity contribution is 5.88. The molecule has 1 rings (SSSR count). The third-order valence-electron chi connectivity index (χ3n) is 1.58. The predicted molar refractivity (Wildman–Crippen MR) is 43.8 cm³/mol. The Balaban J connectivity index is 3.04. The molecule has 0 aliphatic carbocycles. The quantitative estimate of drug-likeness (QED) is 0.676. The molecular weight excluding hydrogens is 158 g/mol. The van der Waals surface area contributed by atoms with Gasteiger partial charge in [-0.1, -0.05) is 6.92 Å². The maximum absolute atomic E-state index is 11.0. The zero-order chi connectivity index (χ0) is 9.14. The van der Waals surface area contributed by atoms with E-state index >= 15 is 0 Å². The summed E-state index contributed by atoms with van der Waals surface area (Å²) in [5, 5.41) is 0. The summed E-state index contributed by atoms with van der Waals surface area (Å²) in [4.78, 5) is 11.0. The number of anilines is 1. The molecule has 0 spiro atoms. The lowest BCUT2D eigenvalue weighted by Crippen LogP contribution is -2.02. The second-order valence-corrected chi connectivity index (χ2v) is 2.35. The number of nitrogen functional groups attached to an aromatic ring is 1. The molecule has 0 amide bonds. The van der Waals surface area contributed by atoms with Gasteiger partial charge in [0.25, 0.3) is 0 Å². The third-order valence-corrected chi connectivity index (χ3v) is 1.58. The zero-order valence-corrected chi connectivity index (χ0v) is 7.09. The van der Waals surface area contributed by atoms with Gasteiger partial charge in [-0.15, -0.1) is 0 Å². The van der Waals surface area contributed by atoms with Crippen LogP contribution in [0.2, 0.25) is 0 Å². The van der Waals surface area contributed by atoms with E-state index in [0.29, 0.717) is 6.42 Å². The van der Waals surface area contributed by atoms with Gasteiger partial charge in [-0.05, 0) is 6.42 Å². The van der Waals surface area contributed by atoms with Crippen LogP contribution in [0.15, 0.2) is 10.5 Å². The normalized spacial score (nSPS) is 9.83. The van der Waals surface area contributed by atoms with Gasteiger partial charge in [0, 0.05) is 11.6 Å². The number of furan rings is 1. The highest BCUT2D eigenvalue weighted by atomic mass is 16.5. The monoisotopic (exact) mass is 169 g/mol. The van der Waals surface area contributed by atoms with Crippen molar-refractivity contribution < 1.29 is 13.9 Å². The SMILES string of the molecule is CCc1cc(N)oc1C(=O)OC. The topological polar surface area (TPSA) is 65.5 Å². The van der Waals surface area contributed by atoms with Gasteiger partial charge in [0.05, 0.1) is 7.11 Å². The van der Waals surface area contributed by atoms with Crippen molar-refractivity contribution in [1.29, 1.82) is 0 Å². The molecule has 0 saturated heterocycles. The van der Waals surface area contributed by atoms with Gasteiger partial charge in [0.15, 0.2) is 5.88 Å². The number of carbonyl (C=O) groups excluding carboxylic acids is 1. The molecule has 0 saturated carbocycles. The molecule has 0 radical (unpaired) electrons. The number of aryl methyl sites for hydroxylation is 1. The van der Waals surface area contributed by atoms with Crippen LogP contribution in [0, 0.1) is 0 Å². The van der Waals surface area contributed by atoms with Gasteiger partial charge >= 0.3 is 5.97 Å². The van der Waals surface area contributed by atoms with Crippen LogP contribution in [-0.4, -0.2) is 13.1 Å². The molecule has 0 fully saturated rings. The van der Waals surface area contributed by atoms with E-state index in [-0.39, 0.29) is 11.6 Å². The van der Waals surface area contributed by atoms with E-state index in [1.807, 2.05) is 6.92 Å². The van der Waals surface area contributed by atoms with Gasteiger partial charge in [0.2, 0.25) is 5.76 Å². The molecule has 1 aromatic rings. The Bertz CT molecular complexity index is 290. The summed E-state index contributed by atoms with van der Waals surface area (Å²) in [6, 6.07) is 1.63. The molecular formula is C8H11NO3.